The van der Waals surface area contributed by atoms with Gasteiger partial charge in [0.2, 0.25) is 0 Å². The largest absolute Gasteiger partial charge is 0.467 e. The summed E-state index contributed by atoms with van der Waals surface area (Å²) < 4.78 is 12.0. The Morgan fingerprint density at radius 3 is 2.96 bits per heavy atom. The van der Waals surface area contributed by atoms with Crippen LogP contribution < -0.4 is 0 Å². The second-order valence-corrected chi connectivity index (χ2v) is 5.48. The van der Waals surface area contributed by atoms with Gasteiger partial charge >= 0.3 is 12.0 Å². The van der Waals surface area contributed by atoms with Gasteiger partial charge in [0.1, 0.15) is 18.1 Å². The molecule has 0 saturated heterocycles. The van der Waals surface area contributed by atoms with Crippen LogP contribution in [0.5, 0.6) is 0 Å². The summed E-state index contributed by atoms with van der Waals surface area (Å²) in [6.45, 7) is 5.95. The number of imidazole rings is 1. The minimum absolute atomic E-state index is 0.171. The van der Waals surface area contributed by atoms with E-state index in [0.717, 1.165) is 6.42 Å². The fourth-order valence-electron chi connectivity index (χ4n) is 2.41. The second kappa shape index (κ2) is 9.46. The van der Waals surface area contributed by atoms with Crippen LogP contribution in [0.2, 0.25) is 0 Å². The SMILES string of the molecule is C=CCCCOC(=O)[C@H](CC)N(Cc1ccco1)C(=O)n1ccnc1. The predicted molar refractivity (Wildman–Crippen MR) is 91.7 cm³/mol. The highest BCUT2D eigenvalue weighted by Crippen LogP contribution is 2.15. The third kappa shape index (κ3) is 5.07. The molecule has 0 spiro atoms. The minimum atomic E-state index is -0.705. The van der Waals surface area contributed by atoms with Gasteiger partial charge in [-0.25, -0.2) is 14.6 Å². The first-order chi connectivity index (χ1) is 12.2. The molecule has 0 bridgehead atoms. The zero-order chi connectivity index (χ0) is 18.1. The van der Waals surface area contributed by atoms with Crippen molar-refractivity contribution in [1.29, 1.82) is 0 Å². The molecule has 0 N–H and O–H groups in total. The summed E-state index contributed by atoms with van der Waals surface area (Å²) >= 11 is 0. The number of allylic oxidation sites excluding steroid dienone is 1. The topological polar surface area (TPSA) is 77.6 Å². The van der Waals surface area contributed by atoms with Crippen molar-refractivity contribution in [2.45, 2.75) is 38.8 Å². The molecule has 0 aromatic carbocycles. The number of amides is 1. The van der Waals surface area contributed by atoms with E-state index in [1.54, 1.807) is 24.4 Å². The zero-order valence-electron chi connectivity index (χ0n) is 14.3. The number of furan rings is 1. The smallest absolute Gasteiger partial charge is 0.330 e. The number of esters is 1. The molecule has 2 heterocycles. The highest BCUT2D eigenvalue weighted by Gasteiger charge is 2.31. The first-order valence-corrected chi connectivity index (χ1v) is 8.26. The molecule has 0 aliphatic rings. The lowest BCUT2D eigenvalue weighted by molar-refractivity contribution is -0.149. The number of nitrogens with zero attached hydrogens (tertiary/aromatic N) is 3. The molecule has 0 unspecified atom stereocenters. The van der Waals surface area contributed by atoms with E-state index in [4.69, 9.17) is 9.15 Å². The van der Waals surface area contributed by atoms with Crippen molar-refractivity contribution in [3.05, 3.63) is 55.5 Å². The standard InChI is InChI=1S/C18H23N3O4/c1-3-5-6-11-25-17(22)16(4-2)21(13-15-8-7-12-24-15)18(23)20-10-9-19-14-20/h3,7-10,12,14,16H,1,4-6,11,13H2,2H3/t16-/m0/s1. The van der Waals surface area contributed by atoms with E-state index in [2.05, 4.69) is 11.6 Å². The van der Waals surface area contributed by atoms with Crippen LogP contribution in [0.1, 0.15) is 31.9 Å². The first-order valence-electron chi connectivity index (χ1n) is 8.26. The fraction of sp³-hybridized carbons (Fsp3) is 0.389. The molecule has 0 aliphatic heterocycles. The van der Waals surface area contributed by atoms with Crippen molar-refractivity contribution in [2.75, 3.05) is 6.61 Å². The van der Waals surface area contributed by atoms with E-state index in [9.17, 15) is 9.59 Å². The van der Waals surface area contributed by atoms with Crippen LogP contribution in [0, 0.1) is 0 Å². The molecular weight excluding hydrogens is 322 g/mol. The van der Waals surface area contributed by atoms with Crippen LogP contribution in [-0.4, -0.2) is 39.1 Å². The number of hydrogen-bond donors (Lipinski definition) is 0. The minimum Gasteiger partial charge on any atom is -0.467 e. The molecule has 2 rings (SSSR count). The van der Waals surface area contributed by atoms with E-state index in [1.165, 1.54) is 28.3 Å². The maximum absolute atomic E-state index is 12.8. The molecule has 7 nitrogen and oxygen atoms in total. The van der Waals surface area contributed by atoms with Crippen molar-refractivity contribution < 1.29 is 18.7 Å². The Bertz CT molecular complexity index is 665. The van der Waals surface area contributed by atoms with Gasteiger partial charge in [-0.1, -0.05) is 13.0 Å². The zero-order valence-corrected chi connectivity index (χ0v) is 14.3. The summed E-state index contributed by atoms with van der Waals surface area (Å²) in [6.07, 6.45) is 9.67. The Balaban J connectivity index is 2.14. The van der Waals surface area contributed by atoms with Gasteiger partial charge in [0.25, 0.3) is 0 Å². The molecule has 25 heavy (non-hydrogen) atoms. The molecule has 0 radical (unpaired) electrons. The van der Waals surface area contributed by atoms with Crippen molar-refractivity contribution >= 4 is 12.0 Å². The molecule has 2 aromatic heterocycles. The fourth-order valence-corrected chi connectivity index (χ4v) is 2.41. The van der Waals surface area contributed by atoms with E-state index < -0.39 is 12.0 Å². The van der Waals surface area contributed by atoms with Crippen LogP contribution in [0.4, 0.5) is 4.79 Å². The summed E-state index contributed by atoms with van der Waals surface area (Å²) in [7, 11) is 0. The van der Waals surface area contributed by atoms with Crippen LogP contribution in [0.25, 0.3) is 0 Å². The quantitative estimate of drug-likeness (QED) is 0.396. The Hall–Kier alpha value is -2.83. The normalized spacial score (nSPS) is 11.7. The summed E-state index contributed by atoms with van der Waals surface area (Å²) in [5.74, 6) is 0.165. The third-order valence-electron chi connectivity index (χ3n) is 3.71. The predicted octanol–water partition coefficient (Wildman–Crippen LogP) is 3.23. The van der Waals surface area contributed by atoms with Gasteiger partial charge in [0, 0.05) is 12.4 Å². The molecule has 134 valence electrons. The average Bonchev–Trinajstić information content (AvgIpc) is 3.31. The summed E-state index contributed by atoms with van der Waals surface area (Å²) in [5, 5.41) is 0. The summed E-state index contributed by atoms with van der Waals surface area (Å²) in [5.41, 5.74) is 0. The lowest BCUT2D eigenvalue weighted by Gasteiger charge is -2.28. The van der Waals surface area contributed by atoms with Crippen LogP contribution in [0.3, 0.4) is 0 Å². The summed E-state index contributed by atoms with van der Waals surface area (Å²) in [6, 6.07) is 2.44. The monoisotopic (exact) mass is 345 g/mol. The number of aromatic nitrogens is 2. The Labute approximate surface area is 146 Å². The Morgan fingerprint density at radius 2 is 2.36 bits per heavy atom. The van der Waals surface area contributed by atoms with E-state index in [-0.39, 0.29) is 12.6 Å². The molecule has 1 amide bonds. The number of carbonyl (C=O) groups excluding carboxylic acids is 2. The molecule has 0 saturated carbocycles. The van der Waals surface area contributed by atoms with Gasteiger partial charge < -0.3 is 14.1 Å². The third-order valence-corrected chi connectivity index (χ3v) is 3.71. The Kier molecular flexibility index (Phi) is 7.00. The van der Waals surface area contributed by atoms with Gasteiger partial charge in [0.15, 0.2) is 0 Å². The number of carbonyl (C=O) groups is 2. The van der Waals surface area contributed by atoms with Gasteiger partial charge in [-0.15, -0.1) is 6.58 Å². The number of ether oxygens (including phenoxy) is 1. The maximum Gasteiger partial charge on any atom is 0.330 e. The van der Waals surface area contributed by atoms with Gasteiger partial charge in [0.05, 0.1) is 19.4 Å². The van der Waals surface area contributed by atoms with Gasteiger partial charge in [-0.05, 0) is 31.4 Å². The van der Waals surface area contributed by atoms with Crippen molar-refractivity contribution in [1.82, 2.24) is 14.5 Å². The van der Waals surface area contributed by atoms with E-state index in [1.807, 2.05) is 6.92 Å². The molecule has 1 atom stereocenters. The number of unbranched alkanes of at least 4 members (excludes halogenated alkanes) is 1. The lowest BCUT2D eigenvalue weighted by atomic mass is 10.2. The highest BCUT2D eigenvalue weighted by molar-refractivity contribution is 5.84. The number of hydrogen-bond acceptors (Lipinski definition) is 5. The van der Waals surface area contributed by atoms with Crippen molar-refractivity contribution in [2.24, 2.45) is 0 Å². The van der Waals surface area contributed by atoms with Crippen LogP contribution in [-0.2, 0) is 16.1 Å². The molecule has 0 aliphatic carbocycles. The van der Waals surface area contributed by atoms with Crippen LogP contribution in [0.15, 0.2) is 54.2 Å². The van der Waals surface area contributed by atoms with E-state index in [0.29, 0.717) is 25.2 Å². The van der Waals surface area contributed by atoms with Crippen molar-refractivity contribution in [3.8, 4) is 0 Å². The maximum atomic E-state index is 12.8. The average molecular weight is 345 g/mol. The van der Waals surface area contributed by atoms with Crippen LogP contribution >= 0.6 is 0 Å². The molecule has 2 aromatic rings. The second-order valence-electron chi connectivity index (χ2n) is 5.48. The first kappa shape index (κ1) is 18.5. The van der Waals surface area contributed by atoms with Gasteiger partial charge in [-0.3, -0.25) is 4.57 Å². The Morgan fingerprint density at radius 1 is 1.52 bits per heavy atom. The van der Waals surface area contributed by atoms with E-state index >= 15 is 0 Å². The van der Waals surface area contributed by atoms with Crippen molar-refractivity contribution in [3.63, 3.8) is 0 Å². The van der Waals surface area contributed by atoms with Gasteiger partial charge in [-0.2, -0.15) is 0 Å². The molecule has 0 fully saturated rings. The number of rotatable bonds is 9. The molecular formula is C18H23N3O4. The highest BCUT2D eigenvalue weighted by atomic mass is 16.5. The lowest BCUT2D eigenvalue weighted by Crippen LogP contribution is -2.46. The summed E-state index contributed by atoms with van der Waals surface area (Å²) in [4.78, 5) is 30.6. The molecule has 7 heteroatoms.